The number of rotatable bonds is 5. The number of carbonyl (C=O) groups is 1. The fraction of sp³-hybridized carbons (Fsp3) is 0.650. The highest BCUT2D eigenvalue weighted by Gasteiger charge is 2.30. The molecule has 27 heavy (non-hydrogen) atoms. The molecule has 1 aliphatic heterocycles. The molecule has 1 saturated carbocycles. The van der Waals surface area contributed by atoms with Gasteiger partial charge in [-0.15, -0.1) is 0 Å². The lowest BCUT2D eigenvalue weighted by molar-refractivity contribution is 0.0919. The van der Waals surface area contributed by atoms with Crippen LogP contribution in [-0.2, 0) is 10.0 Å². The number of hydrogen-bond acceptors (Lipinski definition) is 4. The second kappa shape index (κ2) is 8.71. The average Bonchev–Trinajstić information content (AvgIpc) is 2.70. The van der Waals surface area contributed by atoms with Crippen LogP contribution in [-0.4, -0.2) is 50.3 Å². The number of nitrogens with zero attached hydrogens (tertiary/aromatic N) is 1. The molecule has 2 aliphatic rings. The van der Waals surface area contributed by atoms with Crippen LogP contribution >= 0.6 is 0 Å². The number of hydrogen-bond donors (Lipinski definition) is 2. The van der Waals surface area contributed by atoms with E-state index in [2.05, 4.69) is 17.6 Å². The molecule has 0 radical (unpaired) electrons. The normalized spacial score (nSPS) is 24.7. The van der Waals surface area contributed by atoms with Crippen LogP contribution in [0.4, 0.5) is 0 Å². The first-order valence-electron chi connectivity index (χ1n) is 10.0. The van der Waals surface area contributed by atoms with Crippen LogP contribution in [0, 0.1) is 0 Å². The molecule has 150 valence electrons. The summed E-state index contributed by atoms with van der Waals surface area (Å²) in [5.74, 6) is -0.215. The van der Waals surface area contributed by atoms with Gasteiger partial charge in [0.2, 0.25) is 10.0 Å². The smallest absolute Gasteiger partial charge is 0.251 e. The molecule has 0 bridgehead atoms. The van der Waals surface area contributed by atoms with Gasteiger partial charge in [-0.3, -0.25) is 4.79 Å². The van der Waals surface area contributed by atoms with Gasteiger partial charge >= 0.3 is 0 Å². The number of sulfonamides is 1. The highest BCUT2D eigenvalue weighted by atomic mass is 32.2. The van der Waals surface area contributed by atoms with Gasteiger partial charge in [0.1, 0.15) is 0 Å². The molecule has 1 aromatic carbocycles. The Morgan fingerprint density at radius 1 is 1.15 bits per heavy atom. The van der Waals surface area contributed by atoms with Crippen molar-refractivity contribution in [2.24, 2.45) is 0 Å². The first kappa shape index (κ1) is 20.3. The monoisotopic (exact) mass is 393 g/mol. The Kier molecular flexibility index (Phi) is 6.55. The van der Waals surface area contributed by atoms with Gasteiger partial charge in [-0.2, -0.15) is 4.31 Å². The lowest BCUT2D eigenvalue weighted by Gasteiger charge is -2.31. The van der Waals surface area contributed by atoms with E-state index < -0.39 is 10.0 Å². The third kappa shape index (κ3) is 4.70. The predicted molar refractivity (Wildman–Crippen MR) is 106 cm³/mol. The lowest BCUT2D eigenvalue weighted by atomic mass is 9.96. The topological polar surface area (TPSA) is 78.5 Å². The van der Waals surface area contributed by atoms with Crippen molar-refractivity contribution in [1.82, 2.24) is 14.9 Å². The minimum Gasteiger partial charge on any atom is -0.348 e. The molecular weight excluding hydrogens is 362 g/mol. The summed E-state index contributed by atoms with van der Waals surface area (Å²) in [6.07, 6.45) is 7.08. The molecule has 2 atom stereocenters. The maximum atomic E-state index is 13.0. The molecular formula is C20H31N3O3S. The average molecular weight is 394 g/mol. The Bertz CT molecular complexity index is 759. The molecule has 1 aliphatic carbocycles. The summed E-state index contributed by atoms with van der Waals surface area (Å²) in [4.78, 5) is 12.9. The van der Waals surface area contributed by atoms with Crippen molar-refractivity contribution in [2.75, 3.05) is 13.6 Å². The van der Waals surface area contributed by atoms with Gasteiger partial charge in [-0.1, -0.05) is 25.3 Å². The molecule has 1 saturated heterocycles. The molecule has 3 rings (SSSR count). The maximum Gasteiger partial charge on any atom is 0.251 e. The van der Waals surface area contributed by atoms with Gasteiger partial charge in [0.05, 0.1) is 4.90 Å². The second-order valence-corrected chi connectivity index (χ2v) is 9.80. The number of nitrogens with one attached hydrogen (secondary N) is 2. The summed E-state index contributed by atoms with van der Waals surface area (Å²) in [5, 5.41) is 6.40. The van der Waals surface area contributed by atoms with Crippen LogP contribution in [0.3, 0.4) is 0 Å². The molecule has 7 heteroatoms. The van der Waals surface area contributed by atoms with Crippen molar-refractivity contribution >= 4 is 15.9 Å². The second-order valence-electron chi connectivity index (χ2n) is 7.81. The number of amides is 1. The molecule has 0 aromatic heterocycles. The van der Waals surface area contributed by atoms with E-state index in [-0.39, 0.29) is 28.9 Å². The minimum absolute atomic E-state index is 0.0513. The number of piperidine rings is 1. The zero-order valence-electron chi connectivity index (χ0n) is 16.3. The molecule has 6 nitrogen and oxygen atoms in total. The van der Waals surface area contributed by atoms with E-state index in [4.69, 9.17) is 0 Å². The van der Waals surface area contributed by atoms with Crippen LogP contribution in [0.2, 0.25) is 0 Å². The standard InChI is InChI=1S/C20H31N3O3S/c1-15-19(12-7-13-21-15)22-20(24)16-8-6-11-18(14-16)27(25,26)23(2)17-9-4-3-5-10-17/h6,8,11,14-15,17,19,21H,3-5,7,9-10,12-13H2,1-2H3,(H,22,24). The number of carbonyl (C=O) groups excluding carboxylic acids is 1. The van der Waals surface area contributed by atoms with Crippen LogP contribution in [0.25, 0.3) is 0 Å². The number of benzene rings is 1. The van der Waals surface area contributed by atoms with Crippen LogP contribution < -0.4 is 10.6 Å². The molecule has 2 unspecified atom stereocenters. The van der Waals surface area contributed by atoms with Crippen molar-refractivity contribution < 1.29 is 13.2 Å². The van der Waals surface area contributed by atoms with E-state index in [1.165, 1.54) is 16.8 Å². The predicted octanol–water partition coefficient (Wildman–Crippen LogP) is 2.51. The van der Waals surface area contributed by atoms with E-state index in [0.717, 1.165) is 45.1 Å². The van der Waals surface area contributed by atoms with E-state index >= 15 is 0 Å². The Morgan fingerprint density at radius 2 is 1.89 bits per heavy atom. The highest BCUT2D eigenvalue weighted by molar-refractivity contribution is 7.89. The Balaban J connectivity index is 1.74. The third-order valence-electron chi connectivity index (χ3n) is 5.94. The van der Waals surface area contributed by atoms with E-state index in [0.29, 0.717) is 5.56 Å². The Hall–Kier alpha value is -1.44. The van der Waals surface area contributed by atoms with Crippen molar-refractivity contribution in [3.63, 3.8) is 0 Å². The summed E-state index contributed by atoms with van der Waals surface area (Å²) >= 11 is 0. The fourth-order valence-corrected chi connectivity index (χ4v) is 5.56. The van der Waals surface area contributed by atoms with Gasteiger partial charge in [-0.25, -0.2) is 8.42 Å². The van der Waals surface area contributed by atoms with Crippen LogP contribution in [0.5, 0.6) is 0 Å². The highest BCUT2D eigenvalue weighted by Crippen LogP contribution is 2.26. The largest absolute Gasteiger partial charge is 0.348 e. The van der Waals surface area contributed by atoms with Gasteiger partial charge in [0.25, 0.3) is 5.91 Å². The molecule has 2 fully saturated rings. The molecule has 0 spiro atoms. The zero-order valence-corrected chi connectivity index (χ0v) is 17.1. The van der Waals surface area contributed by atoms with Crippen molar-refractivity contribution in [3.05, 3.63) is 29.8 Å². The molecule has 1 aromatic rings. The summed E-state index contributed by atoms with van der Waals surface area (Å²) in [7, 11) is -1.94. The zero-order chi connectivity index (χ0) is 19.4. The third-order valence-corrected chi connectivity index (χ3v) is 7.85. The van der Waals surface area contributed by atoms with Gasteiger partial charge in [-0.05, 0) is 57.4 Å². The Morgan fingerprint density at radius 3 is 2.59 bits per heavy atom. The van der Waals surface area contributed by atoms with Gasteiger partial charge < -0.3 is 10.6 Å². The molecule has 1 amide bonds. The maximum absolute atomic E-state index is 13.0. The van der Waals surface area contributed by atoms with E-state index in [1.807, 2.05) is 0 Å². The SMILES string of the molecule is CC1NCCCC1NC(=O)c1cccc(S(=O)(=O)N(C)C2CCCCC2)c1. The Labute approximate surface area is 162 Å². The molecule has 2 N–H and O–H groups in total. The van der Waals surface area contributed by atoms with E-state index in [9.17, 15) is 13.2 Å². The van der Waals surface area contributed by atoms with E-state index in [1.54, 1.807) is 25.2 Å². The summed E-state index contributed by atoms with van der Waals surface area (Å²) in [5.41, 5.74) is 0.394. The summed E-state index contributed by atoms with van der Waals surface area (Å²) < 4.78 is 27.6. The van der Waals surface area contributed by atoms with Crippen LogP contribution in [0.15, 0.2) is 29.2 Å². The minimum atomic E-state index is -3.60. The lowest BCUT2D eigenvalue weighted by Crippen LogP contribution is -2.51. The first-order chi connectivity index (χ1) is 12.9. The first-order valence-corrected chi connectivity index (χ1v) is 11.5. The fourth-order valence-electron chi connectivity index (χ4n) is 4.10. The van der Waals surface area contributed by atoms with Gasteiger partial charge in [0.15, 0.2) is 0 Å². The summed E-state index contributed by atoms with van der Waals surface area (Å²) in [6.45, 7) is 3.03. The van der Waals surface area contributed by atoms with Gasteiger partial charge in [0, 0.05) is 30.7 Å². The summed E-state index contributed by atoms with van der Waals surface area (Å²) in [6, 6.07) is 6.75. The van der Waals surface area contributed by atoms with Crippen LogP contribution in [0.1, 0.15) is 62.2 Å². The van der Waals surface area contributed by atoms with Crippen molar-refractivity contribution in [3.8, 4) is 0 Å². The van der Waals surface area contributed by atoms with Crippen molar-refractivity contribution in [1.29, 1.82) is 0 Å². The quantitative estimate of drug-likeness (QED) is 0.806. The molecule has 1 heterocycles. The van der Waals surface area contributed by atoms with Crippen molar-refractivity contribution in [2.45, 2.75) is 74.9 Å².